The summed E-state index contributed by atoms with van der Waals surface area (Å²) in [6.45, 7) is 6.23. The smallest absolute Gasteiger partial charge is 0.256 e. The molecule has 1 rings (SSSR count). The van der Waals surface area contributed by atoms with Gasteiger partial charge in [-0.3, -0.25) is 4.79 Å². The van der Waals surface area contributed by atoms with Crippen molar-refractivity contribution in [3.8, 4) is 11.8 Å². The van der Waals surface area contributed by atoms with Gasteiger partial charge in [0.05, 0.1) is 14.2 Å². The number of methoxy groups -OCH3 is 2. The van der Waals surface area contributed by atoms with Crippen LogP contribution in [0, 0.1) is 5.92 Å². The highest BCUT2D eigenvalue weighted by Gasteiger charge is 2.17. The number of amides is 1. The Labute approximate surface area is 114 Å². The Kier molecular flexibility index (Phi) is 5.60. The van der Waals surface area contributed by atoms with Gasteiger partial charge in [0, 0.05) is 12.1 Å². The number of aromatic nitrogens is 1. The van der Waals surface area contributed by atoms with Crippen molar-refractivity contribution in [2.45, 2.75) is 33.2 Å². The van der Waals surface area contributed by atoms with Gasteiger partial charge in [0.25, 0.3) is 5.91 Å². The third-order valence-electron chi connectivity index (χ3n) is 2.68. The van der Waals surface area contributed by atoms with E-state index < -0.39 is 0 Å². The molecule has 1 heterocycles. The van der Waals surface area contributed by atoms with Crippen molar-refractivity contribution < 1.29 is 14.3 Å². The number of ether oxygens (including phenoxy) is 2. The first kappa shape index (κ1) is 15.3. The van der Waals surface area contributed by atoms with E-state index in [4.69, 9.17) is 9.47 Å². The Morgan fingerprint density at radius 1 is 1.26 bits per heavy atom. The predicted octanol–water partition coefficient (Wildman–Crippen LogP) is 2.26. The van der Waals surface area contributed by atoms with E-state index in [0.29, 0.717) is 17.4 Å². The summed E-state index contributed by atoms with van der Waals surface area (Å²) < 4.78 is 10.1. The fourth-order valence-corrected chi connectivity index (χ4v) is 1.93. The molecule has 5 nitrogen and oxygen atoms in total. The molecule has 0 fully saturated rings. The van der Waals surface area contributed by atoms with Crippen LogP contribution in [0.1, 0.15) is 37.6 Å². The zero-order valence-corrected chi connectivity index (χ0v) is 12.2. The van der Waals surface area contributed by atoms with Crippen molar-refractivity contribution in [2.24, 2.45) is 5.92 Å². The van der Waals surface area contributed by atoms with Crippen LogP contribution in [-0.2, 0) is 0 Å². The van der Waals surface area contributed by atoms with Crippen LogP contribution in [0.15, 0.2) is 12.1 Å². The Bertz CT molecular complexity index is 433. The van der Waals surface area contributed by atoms with Crippen LogP contribution in [0.2, 0.25) is 0 Å². The van der Waals surface area contributed by atoms with Crippen LogP contribution in [0.5, 0.6) is 11.8 Å². The molecule has 1 unspecified atom stereocenters. The van der Waals surface area contributed by atoms with Crippen molar-refractivity contribution in [3.05, 3.63) is 17.7 Å². The van der Waals surface area contributed by atoms with Gasteiger partial charge in [0.15, 0.2) is 0 Å². The minimum absolute atomic E-state index is 0.110. The largest absolute Gasteiger partial charge is 0.481 e. The molecule has 0 radical (unpaired) electrons. The molecule has 1 amide bonds. The number of carbonyl (C=O) groups excluding carboxylic acids is 1. The molecule has 0 saturated carbocycles. The maximum Gasteiger partial charge on any atom is 0.256 e. The summed E-state index contributed by atoms with van der Waals surface area (Å²) in [6.07, 6.45) is 0.928. The molecular formula is C14H22N2O3. The van der Waals surface area contributed by atoms with E-state index in [2.05, 4.69) is 24.1 Å². The van der Waals surface area contributed by atoms with Gasteiger partial charge in [-0.1, -0.05) is 13.8 Å². The predicted molar refractivity (Wildman–Crippen MR) is 73.7 cm³/mol. The number of nitrogens with zero attached hydrogens (tertiary/aromatic N) is 1. The van der Waals surface area contributed by atoms with Crippen LogP contribution in [0.25, 0.3) is 0 Å². The molecule has 106 valence electrons. The molecule has 0 spiro atoms. The molecule has 1 aromatic rings. The molecule has 0 aliphatic carbocycles. The van der Waals surface area contributed by atoms with Crippen molar-refractivity contribution >= 4 is 5.91 Å². The average molecular weight is 266 g/mol. The van der Waals surface area contributed by atoms with Gasteiger partial charge in [0.1, 0.15) is 5.56 Å². The molecule has 5 heteroatoms. The van der Waals surface area contributed by atoms with Crippen molar-refractivity contribution in [2.75, 3.05) is 14.2 Å². The van der Waals surface area contributed by atoms with Crippen molar-refractivity contribution in [1.29, 1.82) is 0 Å². The van der Waals surface area contributed by atoms with Gasteiger partial charge in [-0.05, 0) is 25.3 Å². The van der Waals surface area contributed by atoms with Gasteiger partial charge < -0.3 is 14.8 Å². The molecule has 0 saturated heterocycles. The van der Waals surface area contributed by atoms with E-state index in [1.165, 1.54) is 14.2 Å². The number of nitrogens with one attached hydrogen (secondary N) is 1. The van der Waals surface area contributed by atoms with Gasteiger partial charge in [-0.2, -0.15) is 4.98 Å². The summed E-state index contributed by atoms with van der Waals surface area (Å²) in [5, 5.41) is 2.94. The van der Waals surface area contributed by atoms with Crippen LogP contribution in [-0.4, -0.2) is 31.2 Å². The van der Waals surface area contributed by atoms with Crippen LogP contribution < -0.4 is 14.8 Å². The van der Waals surface area contributed by atoms with E-state index in [1.54, 1.807) is 12.1 Å². The molecule has 1 atom stereocenters. The number of carbonyl (C=O) groups is 1. The second-order valence-corrected chi connectivity index (χ2v) is 4.91. The first-order chi connectivity index (χ1) is 8.97. The second kappa shape index (κ2) is 6.97. The monoisotopic (exact) mass is 266 g/mol. The zero-order valence-electron chi connectivity index (χ0n) is 12.2. The van der Waals surface area contributed by atoms with E-state index >= 15 is 0 Å². The Balaban J connectivity index is 2.81. The van der Waals surface area contributed by atoms with Gasteiger partial charge in [0.2, 0.25) is 11.8 Å². The van der Waals surface area contributed by atoms with E-state index in [-0.39, 0.29) is 17.8 Å². The highest BCUT2D eigenvalue weighted by molar-refractivity contribution is 5.96. The van der Waals surface area contributed by atoms with Gasteiger partial charge >= 0.3 is 0 Å². The fourth-order valence-electron chi connectivity index (χ4n) is 1.93. The first-order valence-corrected chi connectivity index (χ1v) is 6.37. The zero-order chi connectivity index (χ0) is 14.4. The molecule has 0 bridgehead atoms. The molecular weight excluding hydrogens is 244 g/mol. The molecule has 0 aromatic carbocycles. The summed E-state index contributed by atoms with van der Waals surface area (Å²) >= 11 is 0. The Morgan fingerprint density at radius 3 is 2.47 bits per heavy atom. The van der Waals surface area contributed by atoms with Crippen molar-refractivity contribution in [1.82, 2.24) is 10.3 Å². The third-order valence-corrected chi connectivity index (χ3v) is 2.68. The lowest BCUT2D eigenvalue weighted by Crippen LogP contribution is -2.33. The summed E-state index contributed by atoms with van der Waals surface area (Å²) in [4.78, 5) is 16.2. The van der Waals surface area contributed by atoms with E-state index in [9.17, 15) is 4.79 Å². The highest BCUT2D eigenvalue weighted by Crippen LogP contribution is 2.19. The summed E-state index contributed by atoms with van der Waals surface area (Å²) in [7, 11) is 3.00. The van der Waals surface area contributed by atoms with Gasteiger partial charge in [-0.25, -0.2) is 0 Å². The number of hydrogen-bond acceptors (Lipinski definition) is 4. The third kappa shape index (κ3) is 4.43. The molecule has 0 aliphatic rings. The lowest BCUT2D eigenvalue weighted by Gasteiger charge is -2.16. The summed E-state index contributed by atoms with van der Waals surface area (Å²) in [5.41, 5.74) is 0.416. The summed E-state index contributed by atoms with van der Waals surface area (Å²) in [6, 6.07) is 3.41. The molecule has 1 aromatic heterocycles. The SMILES string of the molecule is COc1ccc(C(=O)NC(C)CC(C)C)c(OC)n1. The first-order valence-electron chi connectivity index (χ1n) is 6.37. The Morgan fingerprint density at radius 2 is 1.95 bits per heavy atom. The number of hydrogen-bond donors (Lipinski definition) is 1. The average Bonchev–Trinajstić information content (AvgIpc) is 2.36. The Hall–Kier alpha value is -1.78. The van der Waals surface area contributed by atoms with Crippen LogP contribution >= 0.6 is 0 Å². The lowest BCUT2D eigenvalue weighted by atomic mass is 10.0. The molecule has 0 aliphatic heterocycles. The highest BCUT2D eigenvalue weighted by atomic mass is 16.5. The van der Waals surface area contributed by atoms with E-state index in [0.717, 1.165) is 6.42 Å². The van der Waals surface area contributed by atoms with Gasteiger partial charge in [-0.15, -0.1) is 0 Å². The standard InChI is InChI=1S/C14H22N2O3/c1-9(2)8-10(3)15-13(17)11-6-7-12(18-4)16-14(11)19-5/h6-7,9-10H,8H2,1-5H3,(H,15,17). The normalized spacial score (nSPS) is 12.1. The molecule has 19 heavy (non-hydrogen) atoms. The maximum absolute atomic E-state index is 12.1. The minimum atomic E-state index is -0.180. The lowest BCUT2D eigenvalue weighted by molar-refractivity contribution is 0.0932. The maximum atomic E-state index is 12.1. The minimum Gasteiger partial charge on any atom is -0.481 e. The van der Waals surface area contributed by atoms with Crippen molar-refractivity contribution in [3.63, 3.8) is 0 Å². The van der Waals surface area contributed by atoms with Crippen LogP contribution in [0.4, 0.5) is 0 Å². The summed E-state index contributed by atoms with van der Waals surface area (Å²) in [5.74, 6) is 1.04. The number of pyridine rings is 1. The second-order valence-electron chi connectivity index (χ2n) is 4.91. The quantitative estimate of drug-likeness (QED) is 0.858. The topological polar surface area (TPSA) is 60.5 Å². The number of rotatable bonds is 6. The van der Waals surface area contributed by atoms with E-state index in [1.807, 2.05) is 6.92 Å². The fraction of sp³-hybridized carbons (Fsp3) is 0.571. The van der Waals surface area contributed by atoms with Crippen LogP contribution in [0.3, 0.4) is 0 Å². The molecule has 1 N–H and O–H groups in total.